The fourth-order valence-corrected chi connectivity index (χ4v) is 9.37. The summed E-state index contributed by atoms with van der Waals surface area (Å²) in [7, 11) is 6.37. The molecule has 1 aliphatic carbocycles. The smallest absolute Gasteiger partial charge is 0.356 e. The third kappa shape index (κ3) is 9.84. The summed E-state index contributed by atoms with van der Waals surface area (Å²) < 4.78 is 0. The Morgan fingerprint density at radius 1 is 1.00 bits per heavy atom. The van der Waals surface area contributed by atoms with Crippen molar-refractivity contribution in [3.05, 3.63) is 5.92 Å². The van der Waals surface area contributed by atoms with E-state index < -0.39 is 0 Å². The Kier molecular flexibility index (Phi) is 14.3. The van der Waals surface area contributed by atoms with E-state index in [0.717, 1.165) is 31.1 Å². The van der Waals surface area contributed by atoms with Crippen LogP contribution in [0.5, 0.6) is 0 Å². The Morgan fingerprint density at radius 3 is 2.59 bits per heavy atom. The normalized spacial score (nSPS) is 31.4. The first-order valence-electron chi connectivity index (χ1n) is 14.0. The topological polar surface area (TPSA) is 32.3 Å². The molecule has 0 aromatic heterocycles. The van der Waals surface area contributed by atoms with Gasteiger partial charge in [-0.15, -0.1) is 0 Å². The predicted molar refractivity (Wildman–Crippen MR) is 148 cm³/mol. The van der Waals surface area contributed by atoms with Crippen LogP contribution < -0.4 is 5.32 Å². The second kappa shape index (κ2) is 15.8. The number of unbranched alkanes of at least 4 members (excludes halogenated alkanes) is 2. The van der Waals surface area contributed by atoms with E-state index in [2.05, 4.69) is 41.9 Å². The Balaban J connectivity index is 0.00000408. The number of rotatable bonds is 10. The van der Waals surface area contributed by atoms with Crippen LogP contribution in [0.3, 0.4) is 0 Å². The van der Waals surface area contributed by atoms with Crippen LogP contribution in [0.4, 0.5) is 0 Å². The fraction of sp³-hybridized carbons (Fsp3) is 0.929. The molecular formula is C28H51CuN2OS2. The maximum absolute atomic E-state index is 12.1. The second-order valence-electron chi connectivity index (χ2n) is 11.8. The van der Waals surface area contributed by atoms with Crippen LogP contribution in [-0.2, 0) is 21.9 Å². The first-order valence-corrected chi connectivity index (χ1v) is 16.4. The zero-order chi connectivity index (χ0) is 23.6. The number of nitrogens with zero attached hydrogens (tertiary/aromatic N) is 1. The van der Waals surface area contributed by atoms with Gasteiger partial charge in [0, 0.05) is 24.0 Å². The molecule has 0 radical (unpaired) electrons. The Hall–Kier alpha value is 0.649. The van der Waals surface area contributed by atoms with Crippen LogP contribution >= 0.6 is 21.6 Å². The molecule has 2 aliphatic heterocycles. The summed E-state index contributed by atoms with van der Waals surface area (Å²) in [6.45, 7) is 8.62. The van der Waals surface area contributed by atoms with Gasteiger partial charge in [0.15, 0.2) is 0 Å². The van der Waals surface area contributed by atoms with Gasteiger partial charge in [-0.2, -0.15) is 19.3 Å². The van der Waals surface area contributed by atoms with Gasteiger partial charge < -0.3 is 16.1 Å². The van der Waals surface area contributed by atoms with Gasteiger partial charge >= 0.3 is 17.1 Å². The minimum absolute atomic E-state index is 0. The van der Waals surface area contributed by atoms with Gasteiger partial charge in [-0.1, -0.05) is 61.1 Å². The molecule has 3 aliphatic rings. The molecule has 2 saturated heterocycles. The number of fused-ring (bicyclic) bond motifs is 1. The van der Waals surface area contributed by atoms with Gasteiger partial charge in [-0.25, -0.2) is 0 Å². The quantitative estimate of drug-likeness (QED) is 0.129. The van der Waals surface area contributed by atoms with Crippen molar-refractivity contribution < 1.29 is 21.9 Å². The number of hydrogen-bond acceptors (Lipinski definition) is 4. The van der Waals surface area contributed by atoms with Crippen LogP contribution in [0.15, 0.2) is 0 Å². The molecule has 1 saturated carbocycles. The van der Waals surface area contributed by atoms with Gasteiger partial charge in [0.05, 0.1) is 0 Å². The first-order chi connectivity index (χ1) is 15.9. The summed E-state index contributed by atoms with van der Waals surface area (Å²) in [5.41, 5.74) is 1.01. The average molecular weight is 559 g/mol. The zero-order valence-electron chi connectivity index (χ0n) is 22.2. The van der Waals surface area contributed by atoms with Crippen molar-refractivity contribution in [2.75, 3.05) is 32.4 Å². The van der Waals surface area contributed by atoms with Crippen molar-refractivity contribution in [1.29, 1.82) is 0 Å². The van der Waals surface area contributed by atoms with Crippen molar-refractivity contribution >= 4 is 27.5 Å². The second-order valence-corrected chi connectivity index (χ2v) is 14.6. The molecule has 0 aromatic rings. The Morgan fingerprint density at radius 2 is 1.79 bits per heavy atom. The molecule has 3 nitrogen and oxygen atoms in total. The van der Waals surface area contributed by atoms with Gasteiger partial charge in [0.2, 0.25) is 5.91 Å². The van der Waals surface area contributed by atoms with Crippen molar-refractivity contribution in [2.24, 2.45) is 10.8 Å². The molecular weight excluding hydrogens is 508 g/mol. The SMILES string of the molecule is CN1CCCC2(C)CC[C-](CCCCNC(=O)CCCCC3CCSS3)CCCC2(C)CC1.[Cu+]. The maximum Gasteiger partial charge on any atom is 1.00 e. The number of carbonyl (C=O) groups excluding carboxylic acids is 1. The molecule has 1 N–H and O–H groups in total. The average Bonchev–Trinajstić information content (AvgIpc) is 3.30. The molecule has 3 rings (SSSR count). The van der Waals surface area contributed by atoms with Gasteiger partial charge in [0.25, 0.3) is 0 Å². The maximum atomic E-state index is 12.1. The minimum Gasteiger partial charge on any atom is -0.356 e. The third-order valence-corrected chi connectivity index (χ3v) is 12.3. The monoisotopic (exact) mass is 558 g/mol. The molecule has 34 heavy (non-hydrogen) atoms. The summed E-state index contributed by atoms with van der Waals surface area (Å²) >= 11 is 0. The van der Waals surface area contributed by atoms with Crippen LogP contribution in [0.2, 0.25) is 0 Å². The third-order valence-electron chi connectivity index (χ3n) is 9.25. The van der Waals surface area contributed by atoms with Crippen LogP contribution in [0, 0.1) is 16.7 Å². The summed E-state index contributed by atoms with van der Waals surface area (Å²) in [4.78, 5) is 14.7. The van der Waals surface area contributed by atoms with Gasteiger partial charge in [-0.3, -0.25) is 4.79 Å². The fourth-order valence-electron chi connectivity index (χ4n) is 6.34. The molecule has 0 aromatic carbocycles. The number of likely N-dealkylation sites (tertiary alicyclic amines) is 1. The largest absolute Gasteiger partial charge is 1.00 e. The van der Waals surface area contributed by atoms with E-state index in [1.165, 1.54) is 102 Å². The van der Waals surface area contributed by atoms with E-state index in [-0.39, 0.29) is 23.0 Å². The molecule has 3 fully saturated rings. The van der Waals surface area contributed by atoms with Crippen LogP contribution in [0.25, 0.3) is 0 Å². The Labute approximate surface area is 229 Å². The van der Waals surface area contributed by atoms with Gasteiger partial charge in [-0.05, 0) is 82.3 Å². The summed E-state index contributed by atoms with van der Waals surface area (Å²) in [5, 5.41) is 4.02. The van der Waals surface area contributed by atoms with E-state index in [1.807, 2.05) is 16.7 Å². The zero-order valence-corrected chi connectivity index (χ0v) is 24.8. The molecule has 0 spiro atoms. The number of carbonyl (C=O) groups is 1. The molecule has 1 amide bonds. The van der Waals surface area contributed by atoms with E-state index >= 15 is 0 Å². The minimum atomic E-state index is 0. The molecule has 6 heteroatoms. The van der Waals surface area contributed by atoms with Crippen molar-refractivity contribution in [3.63, 3.8) is 0 Å². The number of hydrogen-bond donors (Lipinski definition) is 1. The molecule has 3 atom stereocenters. The summed E-state index contributed by atoms with van der Waals surface area (Å²) in [6.07, 6.45) is 20.2. The van der Waals surface area contributed by atoms with Crippen molar-refractivity contribution in [1.82, 2.24) is 10.2 Å². The molecule has 3 unspecified atom stereocenters. The van der Waals surface area contributed by atoms with Crippen molar-refractivity contribution in [2.45, 2.75) is 122 Å². The first kappa shape index (κ1) is 30.9. The summed E-state index contributed by atoms with van der Waals surface area (Å²) in [6, 6.07) is 0. The van der Waals surface area contributed by atoms with Crippen LogP contribution in [0.1, 0.15) is 117 Å². The van der Waals surface area contributed by atoms with E-state index in [0.29, 0.717) is 10.8 Å². The predicted octanol–water partition coefficient (Wildman–Crippen LogP) is 7.65. The molecule has 2 heterocycles. The van der Waals surface area contributed by atoms with Crippen molar-refractivity contribution in [3.8, 4) is 0 Å². The van der Waals surface area contributed by atoms with Crippen LogP contribution in [-0.4, -0.2) is 48.5 Å². The summed E-state index contributed by atoms with van der Waals surface area (Å²) in [5.74, 6) is 3.39. The molecule has 202 valence electrons. The van der Waals surface area contributed by atoms with E-state index in [1.54, 1.807) is 0 Å². The van der Waals surface area contributed by atoms with E-state index in [9.17, 15) is 4.79 Å². The number of nitrogens with one attached hydrogen (secondary N) is 1. The number of amides is 1. The van der Waals surface area contributed by atoms with Gasteiger partial charge in [0.1, 0.15) is 0 Å². The Bertz CT molecular complexity index is 589. The standard InChI is InChI=1S/C28H51N2OS2.Cu/c1-27-17-9-21-30(3)22-19-28(27,2)16-8-11-24(14-18-27)10-6-7-20-29-26(31)13-5-4-12-25-15-23-32-33-25;/h25H,4-23H2,1-3H3,(H,29,31);/q-1;+1. The molecule has 0 bridgehead atoms. The van der Waals surface area contributed by atoms with E-state index in [4.69, 9.17) is 0 Å².